The van der Waals surface area contributed by atoms with Gasteiger partial charge in [0.05, 0.1) is 6.20 Å². The van der Waals surface area contributed by atoms with Gasteiger partial charge in [-0.05, 0) is 31.6 Å². The predicted octanol–water partition coefficient (Wildman–Crippen LogP) is 1.29. The summed E-state index contributed by atoms with van der Waals surface area (Å²) in [7, 11) is 2.01. The van der Waals surface area contributed by atoms with Crippen molar-refractivity contribution in [3.63, 3.8) is 0 Å². The van der Waals surface area contributed by atoms with E-state index in [2.05, 4.69) is 16.9 Å². The van der Waals surface area contributed by atoms with Crippen molar-refractivity contribution in [2.24, 2.45) is 24.6 Å². The van der Waals surface area contributed by atoms with E-state index in [4.69, 9.17) is 5.73 Å². The van der Waals surface area contributed by atoms with E-state index in [9.17, 15) is 0 Å². The van der Waals surface area contributed by atoms with Crippen molar-refractivity contribution in [2.45, 2.75) is 38.8 Å². The number of aromatic nitrogens is 2. The molecule has 2 fully saturated rings. The number of hydrogen-bond acceptors (Lipinski definition) is 3. The van der Waals surface area contributed by atoms with Gasteiger partial charge in [0.2, 0.25) is 0 Å². The smallest absolute Gasteiger partial charge is 0.0537 e. The number of hydrogen-bond donors (Lipinski definition) is 1. The maximum atomic E-state index is 6.27. The maximum Gasteiger partial charge on any atom is 0.0537 e. The number of rotatable bonds is 2. The van der Waals surface area contributed by atoms with E-state index in [1.807, 2.05) is 17.9 Å². The van der Waals surface area contributed by atoms with Crippen LogP contribution in [0, 0.1) is 18.8 Å². The van der Waals surface area contributed by atoms with E-state index in [0.717, 1.165) is 18.4 Å². The molecule has 3 atom stereocenters. The Labute approximate surface area is 109 Å². The average molecular weight is 248 g/mol. The summed E-state index contributed by atoms with van der Waals surface area (Å²) in [6.45, 7) is 5.60. The Balaban J connectivity index is 1.67. The SMILES string of the molecule is Cc1c(CN2CC3CCCC(N)C3C2)cnn1C. The van der Waals surface area contributed by atoms with E-state index < -0.39 is 0 Å². The Morgan fingerprint density at radius 2 is 2.22 bits per heavy atom. The highest BCUT2D eigenvalue weighted by Gasteiger charge is 2.38. The van der Waals surface area contributed by atoms with Crippen LogP contribution in [-0.4, -0.2) is 33.8 Å². The van der Waals surface area contributed by atoms with Gasteiger partial charge < -0.3 is 5.73 Å². The average Bonchev–Trinajstić information content (AvgIpc) is 2.89. The third-order valence-corrected chi connectivity index (χ3v) is 4.96. The van der Waals surface area contributed by atoms with E-state index in [-0.39, 0.29) is 0 Å². The molecule has 2 aliphatic rings. The first-order valence-corrected chi connectivity index (χ1v) is 7.10. The molecule has 1 aliphatic heterocycles. The Morgan fingerprint density at radius 1 is 1.39 bits per heavy atom. The first-order valence-electron chi connectivity index (χ1n) is 7.10. The molecule has 4 heteroatoms. The van der Waals surface area contributed by atoms with Crippen molar-refractivity contribution in [3.05, 3.63) is 17.5 Å². The van der Waals surface area contributed by atoms with Crippen molar-refractivity contribution in [1.82, 2.24) is 14.7 Å². The van der Waals surface area contributed by atoms with Crippen LogP contribution in [0.1, 0.15) is 30.5 Å². The number of likely N-dealkylation sites (tertiary alicyclic amines) is 1. The summed E-state index contributed by atoms with van der Waals surface area (Å²) in [5.74, 6) is 1.57. The normalized spacial score (nSPS) is 32.7. The minimum atomic E-state index is 0.434. The lowest BCUT2D eigenvalue weighted by molar-refractivity contribution is 0.259. The van der Waals surface area contributed by atoms with Gasteiger partial charge in [0.1, 0.15) is 0 Å². The third kappa shape index (κ3) is 2.08. The molecule has 1 saturated heterocycles. The number of nitrogens with two attached hydrogens (primary N) is 1. The van der Waals surface area contributed by atoms with Gasteiger partial charge in [0.15, 0.2) is 0 Å². The van der Waals surface area contributed by atoms with E-state index >= 15 is 0 Å². The second kappa shape index (κ2) is 4.67. The van der Waals surface area contributed by atoms with Gasteiger partial charge in [-0.25, -0.2) is 0 Å². The first-order chi connectivity index (χ1) is 8.65. The van der Waals surface area contributed by atoms with Crippen molar-refractivity contribution in [3.8, 4) is 0 Å². The lowest BCUT2D eigenvalue weighted by Gasteiger charge is -2.29. The topological polar surface area (TPSA) is 47.1 Å². The van der Waals surface area contributed by atoms with Crippen LogP contribution < -0.4 is 5.73 Å². The quantitative estimate of drug-likeness (QED) is 0.858. The minimum Gasteiger partial charge on any atom is -0.327 e. The molecule has 0 bridgehead atoms. The second-order valence-electron chi connectivity index (χ2n) is 6.09. The predicted molar refractivity (Wildman–Crippen MR) is 72.0 cm³/mol. The van der Waals surface area contributed by atoms with Crippen molar-refractivity contribution in [2.75, 3.05) is 13.1 Å². The highest BCUT2D eigenvalue weighted by atomic mass is 15.3. The summed E-state index contributed by atoms with van der Waals surface area (Å²) < 4.78 is 1.96. The van der Waals surface area contributed by atoms with Gasteiger partial charge in [-0.15, -0.1) is 0 Å². The first kappa shape index (κ1) is 12.2. The van der Waals surface area contributed by atoms with Gasteiger partial charge >= 0.3 is 0 Å². The van der Waals surface area contributed by atoms with Crippen LogP contribution in [0.3, 0.4) is 0 Å². The van der Waals surface area contributed by atoms with E-state index in [0.29, 0.717) is 6.04 Å². The molecular formula is C14H24N4. The molecule has 3 rings (SSSR count). The van der Waals surface area contributed by atoms with Crippen LogP contribution in [0.25, 0.3) is 0 Å². The zero-order chi connectivity index (χ0) is 12.7. The Kier molecular flexibility index (Phi) is 3.16. The van der Waals surface area contributed by atoms with E-state index in [1.54, 1.807) is 0 Å². The Hall–Kier alpha value is -0.870. The summed E-state index contributed by atoms with van der Waals surface area (Å²) in [6.07, 6.45) is 5.93. The lowest BCUT2D eigenvalue weighted by Crippen LogP contribution is -2.38. The third-order valence-electron chi connectivity index (χ3n) is 4.96. The maximum absolute atomic E-state index is 6.27. The van der Waals surface area contributed by atoms with Crippen LogP contribution in [0.4, 0.5) is 0 Å². The monoisotopic (exact) mass is 248 g/mol. The van der Waals surface area contributed by atoms with Crippen molar-refractivity contribution in [1.29, 1.82) is 0 Å². The van der Waals surface area contributed by atoms with Gasteiger partial charge in [0.25, 0.3) is 0 Å². The molecule has 100 valence electrons. The summed E-state index contributed by atoms with van der Waals surface area (Å²) >= 11 is 0. The second-order valence-corrected chi connectivity index (χ2v) is 6.09. The molecular weight excluding hydrogens is 224 g/mol. The molecule has 0 radical (unpaired) electrons. The largest absolute Gasteiger partial charge is 0.327 e. The minimum absolute atomic E-state index is 0.434. The van der Waals surface area contributed by atoms with Crippen LogP contribution in [0.2, 0.25) is 0 Å². The van der Waals surface area contributed by atoms with Crippen molar-refractivity contribution < 1.29 is 0 Å². The van der Waals surface area contributed by atoms with Crippen LogP contribution >= 0.6 is 0 Å². The molecule has 0 amide bonds. The lowest BCUT2D eigenvalue weighted by atomic mass is 9.78. The zero-order valence-corrected chi connectivity index (χ0v) is 11.5. The van der Waals surface area contributed by atoms with Gasteiger partial charge in [-0.1, -0.05) is 6.42 Å². The van der Waals surface area contributed by atoms with Crippen LogP contribution in [0.5, 0.6) is 0 Å². The summed E-state index contributed by atoms with van der Waals surface area (Å²) in [4.78, 5) is 2.57. The molecule has 18 heavy (non-hydrogen) atoms. The van der Waals surface area contributed by atoms with Crippen LogP contribution in [0.15, 0.2) is 6.20 Å². The molecule has 1 aromatic rings. The molecule has 0 spiro atoms. The number of nitrogens with zero attached hydrogens (tertiary/aromatic N) is 3. The number of fused-ring (bicyclic) bond motifs is 1. The molecule has 1 saturated carbocycles. The van der Waals surface area contributed by atoms with Crippen LogP contribution in [-0.2, 0) is 13.6 Å². The molecule has 1 aliphatic carbocycles. The zero-order valence-electron chi connectivity index (χ0n) is 11.5. The molecule has 2 heterocycles. The van der Waals surface area contributed by atoms with Gasteiger partial charge in [0, 0.05) is 44.0 Å². The summed E-state index contributed by atoms with van der Waals surface area (Å²) in [5, 5.41) is 4.33. The molecule has 4 nitrogen and oxygen atoms in total. The van der Waals surface area contributed by atoms with E-state index in [1.165, 1.54) is 43.6 Å². The fourth-order valence-corrected chi connectivity index (χ4v) is 3.68. The summed E-state index contributed by atoms with van der Waals surface area (Å²) in [5.41, 5.74) is 8.92. The highest BCUT2D eigenvalue weighted by Crippen LogP contribution is 2.36. The van der Waals surface area contributed by atoms with Crippen molar-refractivity contribution >= 4 is 0 Å². The van der Waals surface area contributed by atoms with Gasteiger partial charge in [-0.2, -0.15) is 5.10 Å². The molecule has 0 aromatic carbocycles. The summed E-state index contributed by atoms with van der Waals surface area (Å²) in [6, 6.07) is 0.434. The Bertz CT molecular complexity index is 425. The molecule has 1 aromatic heterocycles. The fraction of sp³-hybridized carbons (Fsp3) is 0.786. The Morgan fingerprint density at radius 3 is 2.89 bits per heavy atom. The molecule has 3 unspecified atom stereocenters. The van der Waals surface area contributed by atoms with Gasteiger partial charge in [-0.3, -0.25) is 9.58 Å². The highest BCUT2D eigenvalue weighted by molar-refractivity contribution is 5.16. The number of aryl methyl sites for hydroxylation is 1. The fourth-order valence-electron chi connectivity index (χ4n) is 3.68. The standard InChI is InChI=1S/C14H24N4/c1-10-12(6-16-17(10)2)8-18-7-11-4-3-5-14(15)13(11)9-18/h6,11,13-14H,3-5,7-9,15H2,1-2H3. The molecule has 2 N–H and O–H groups in total.